The fourth-order valence-corrected chi connectivity index (χ4v) is 1.60. The zero-order valence-corrected chi connectivity index (χ0v) is 11.7. The van der Waals surface area contributed by atoms with Crippen LogP contribution in [0.4, 0.5) is 4.39 Å². The van der Waals surface area contributed by atoms with Crippen molar-refractivity contribution in [2.45, 2.75) is 26.8 Å². The Morgan fingerprint density at radius 3 is 2.63 bits per heavy atom. The summed E-state index contributed by atoms with van der Waals surface area (Å²) in [5.74, 6) is -0.253. The van der Waals surface area contributed by atoms with Crippen LogP contribution in [0.25, 0.3) is 0 Å². The molecule has 1 rings (SSSR count). The summed E-state index contributed by atoms with van der Waals surface area (Å²) in [6.07, 6.45) is 0. The van der Waals surface area contributed by atoms with Crippen LogP contribution >= 0.6 is 0 Å². The highest BCUT2D eigenvalue weighted by molar-refractivity contribution is 5.75. The molecule has 0 aromatic heterocycles. The van der Waals surface area contributed by atoms with Gasteiger partial charge in [0.2, 0.25) is 0 Å². The minimum absolute atomic E-state index is 0.130. The molecule has 2 N–H and O–H groups in total. The van der Waals surface area contributed by atoms with E-state index in [4.69, 9.17) is 15.2 Å². The van der Waals surface area contributed by atoms with E-state index >= 15 is 0 Å². The minimum Gasteiger partial charge on any atom is -0.492 e. The van der Waals surface area contributed by atoms with Crippen molar-refractivity contribution in [1.82, 2.24) is 0 Å². The molecule has 0 amide bonds. The largest absolute Gasteiger partial charge is 0.492 e. The molecule has 1 atom stereocenters. The number of esters is 1. The smallest absolute Gasteiger partial charge is 0.314 e. The first-order chi connectivity index (χ1) is 8.77. The molecule has 19 heavy (non-hydrogen) atoms. The van der Waals surface area contributed by atoms with Crippen LogP contribution < -0.4 is 10.5 Å². The minimum atomic E-state index is -0.780. The monoisotopic (exact) mass is 269 g/mol. The summed E-state index contributed by atoms with van der Waals surface area (Å²) >= 11 is 0. The number of hydrogen-bond donors (Lipinski definition) is 1. The van der Waals surface area contributed by atoms with Gasteiger partial charge in [0.05, 0.1) is 12.5 Å². The third kappa shape index (κ3) is 3.92. The van der Waals surface area contributed by atoms with Gasteiger partial charge in [-0.3, -0.25) is 4.79 Å². The van der Waals surface area contributed by atoms with Gasteiger partial charge in [0.1, 0.15) is 18.2 Å². The second-order valence-corrected chi connectivity index (χ2v) is 5.13. The van der Waals surface area contributed by atoms with Crippen molar-refractivity contribution in [2.24, 2.45) is 11.1 Å². The molecule has 0 spiro atoms. The third-order valence-electron chi connectivity index (χ3n) is 2.79. The Labute approximate surface area is 112 Å². The third-order valence-corrected chi connectivity index (χ3v) is 2.79. The highest BCUT2D eigenvalue weighted by atomic mass is 19.1. The molecule has 0 heterocycles. The molecule has 0 aliphatic heterocycles. The van der Waals surface area contributed by atoms with Crippen LogP contribution in [0, 0.1) is 11.2 Å². The number of hydrogen-bond acceptors (Lipinski definition) is 4. The van der Waals surface area contributed by atoms with Gasteiger partial charge in [-0.2, -0.15) is 0 Å². The van der Waals surface area contributed by atoms with Gasteiger partial charge in [-0.05, 0) is 39.0 Å². The van der Waals surface area contributed by atoms with Crippen molar-refractivity contribution in [2.75, 3.05) is 13.7 Å². The van der Waals surface area contributed by atoms with Crippen LogP contribution in [0.2, 0.25) is 0 Å². The molecule has 0 bridgehead atoms. The number of ether oxygens (including phenoxy) is 2. The Morgan fingerprint density at radius 1 is 1.47 bits per heavy atom. The lowest BCUT2D eigenvalue weighted by Gasteiger charge is -2.23. The Bertz CT molecular complexity index is 458. The molecule has 0 radical (unpaired) electrons. The number of rotatable bonds is 5. The quantitative estimate of drug-likeness (QED) is 0.834. The predicted octanol–water partition coefficient (Wildman–Crippen LogP) is 2.42. The first-order valence-corrected chi connectivity index (χ1v) is 6.04. The van der Waals surface area contributed by atoms with Gasteiger partial charge < -0.3 is 15.2 Å². The van der Waals surface area contributed by atoms with Crippen molar-refractivity contribution >= 4 is 5.97 Å². The first kappa shape index (κ1) is 15.4. The number of halogens is 1. The molecule has 1 aromatic rings. The van der Waals surface area contributed by atoms with Gasteiger partial charge >= 0.3 is 5.97 Å². The van der Waals surface area contributed by atoms with Gasteiger partial charge in [-0.1, -0.05) is 0 Å². The molecule has 5 heteroatoms. The molecule has 0 aliphatic carbocycles. The van der Waals surface area contributed by atoms with Gasteiger partial charge in [0.25, 0.3) is 0 Å². The molecule has 0 saturated heterocycles. The maximum Gasteiger partial charge on any atom is 0.314 e. The first-order valence-electron chi connectivity index (χ1n) is 6.04. The summed E-state index contributed by atoms with van der Waals surface area (Å²) in [5, 5.41) is 0. The van der Waals surface area contributed by atoms with E-state index < -0.39 is 5.41 Å². The molecule has 1 unspecified atom stereocenters. The normalized spacial score (nSPS) is 12.9. The average Bonchev–Trinajstić information content (AvgIpc) is 2.36. The zero-order valence-electron chi connectivity index (χ0n) is 11.7. The van der Waals surface area contributed by atoms with E-state index in [-0.39, 0.29) is 24.4 Å². The summed E-state index contributed by atoms with van der Waals surface area (Å²) in [6.45, 7) is 5.31. The van der Waals surface area contributed by atoms with Gasteiger partial charge in [-0.15, -0.1) is 0 Å². The number of carbonyl (C=O) groups excluding carboxylic acids is 1. The standard InChI is InChI=1S/C14H20FNO3/c1-9(16)11-7-10(15)5-6-12(11)19-8-14(2,3)13(17)18-4/h5-7,9H,8,16H2,1-4H3. The van der Waals surface area contributed by atoms with Gasteiger partial charge in [-0.25, -0.2) is 4.39 Å². The Morgan fingerprint density at radius 2 is 2.11 bits per heavy atom. The maximum atomic E-state index is 13.2. The summed E-state index contributed by atoms with van der Waals surface area (Å²) in [7, 11) is 1.33. The van der Waals surface area contributed by atoms with E-state index in [0.29, 0.717) is 11.3 Å². The van der Waals surface area contributed by atoms with E-state index in [1.165, 1.54) is 25.3 Å². The van der Waals surface area contributed by atoms with Crippen molar-refractivity contribution < 1.29 is 18.7 Å². The maximum absolute atomic E-state index is 13.2. The summed E-state index contributed by atoms with van der Waals surface area (Å²) in [5.41, 5.74) is 5.56. The molecule has 0 aliphatic rings. The summed E-state index contributed by atoms with van der Waals surface area (Å²) in [4.78, 5) is 11.5. The molecular formula is C14H20FNO3. The topological polar surface area (TPSA) is 61.5 Å². The van der Waals surface area contributed by atoms with Crippen LogP contribution in [-0.2, 0) is 9.53 Å². The lowest BCUT2D eigenvalue weighted by Crippen LogP contribution is -2.32. The highest BCUT2D eigenvalue weighted by Gasteiger charge is 2.30. The van der Waals surface area contributed by atoms with E-state index in [2.05, 4.69) is 0 Å². The fourth-order valence-electron chi connectivity index (χ4n) is 1.60. The molecule has 1 aromatic carbocycles. The van der Waals surface area contributed by atoms with E-state index in [9.17, 15) is 9.18 Å². The Hall–Kier alpha value is -1.62. The van der Waals surface area contributed by atoms with Gasteiger partial charge in [0, 0.05) is 11.6 Å². The SMILES string of the molecule is COC(=O)C(C)(C)COc1ccc(F)cc1C(C)N. The van der Waals surface area contributed by atoms with Crippen LogP contribution in [0.5, 0.6) is 5.75 Å². The van der Waals surface area contributed by atoms with Gasteiger partial charge in [0.15, 0.2) is 0 Å². The molecule has 0 saturated carbocycles. The highest BCUT2D eigenvalue weighted by Crippen LogP contribution is 2.27. The molecular weight excluding hydrogens is 249 g/mol. The molecule has 4 nitrogen and oxygen atoms in total. The lowest BCUT2D eigenvalue weighted by atomic mass is 9.95. The van der Waals surface area contributed by atoms with E-state index in [1.54, 1.807) is 20.8 Å². The zero-order chi connectivity index (χ0) is 14.6. The Kier molecular flexibility index (Phi) is 4.89. The van der Waals surface area contributed by atoms with E-state index in [0.717, 1.165) is 0 Å². The summed E-state index contributed by atoms with van der Waals surface area (Å²) < 4.78 is 23.5. The lowest BCUT2D eigenvalue weighted by molar-refractivity contribution is -0.152. The fraction of sp³-hybridized carbons (Fsp3) is 0.500. The van der Waals surface area contributed by atoms with Crippen LogP contribution in [0.15, 0.2) is 18.2 Å². The van der Waals surface area contributed by atoms with Crippen molar-refractivity contribution in [3.63, 3.8) is 0 Å². The number of methoxy groups -OCH3 is 1. The van der Waals surface area contributed by atoms with Crippen molar-refractivity contribution in [1.29, 1.82) is 0 Å². The molecule has 0 fully saturated rings. The number of benzene rings is 1. The van der Waals surface area contributed by atoms with Crippen LogP contribution in [-0.4, -0.2) is 19.7 Å². The van der Waals surface area contributed by atoms with Crippen molar-refractivity contribution in [3.8, 4) is 5.75 Å². The molecule has 106 valence electrons. The number of carbonyl (C=O) groups is 1. The van der Waals surface area contributed by atoms with Crippen molar-refractivity contribution in [3.05, 3.63) is 29.6 Å². The second kappa shape index (κ2) is 6.02. The van der Waals surface area contributed by atoms with E-state index in [1.807, 2.05) is 0 Å². The predicted molar refractivity (Wildman–Crippen MR) is 70.3 cm³/mol. The summed E-state index contributed by atoms with van der Waals surface area (Å²) in [6, 6.07) is 3.80. The second-order valence-electron chi connectivity index (χ2n) is 5.13. The van der Waals surface area contributed by atoms with Crippen LogP contribution in [0.1, 0.15) is 32.4 Å². The number of nitrogens with two attached hydrogens (primary N) is 1. The Balaban J connectivity index is 2.86. The average molecular weight is 269 g/mol. The van der Waals surface area contributed by atoms with Crippen LogP contribution in [0.3, 0.4) is 0 Å².